The number of nitrogens with one attached hydrogen (secondary N) is 1. The molecule has 31 heavy (non-hydrogen) atoms. The molecule has 0 saturated carbocycles. The van der Waals surface area contributed by atoms with Crippen LogP contribution in [0.1, 0.15) is 58.4 Å². The molecule has 6 nitrogen and oxygen atoms in total. The molecule has 1 aliphatic heterocycles. The van der Waals surface area contributed by atoms with Gasteiger partial charge in [-0.05, 0) is 44.8 Å². The summed E-state index contributed by atoms with van der Waals surface area (Å²) in [6.07, 6.45) is 3.54. The van der Waals surface area contributed by atoms with Crippen molar-refractivity contribution in [1.82, 2.24) is 19.9 Å². The number of rotatable bonds is 8. The topological polar surface area (TPSA) is 63.2 Å². The van der Waals surface area contributed by atoms with Crippen LogP contribution in [0.5, 0.6) is 0 Å². The SMILES string of the molecule is CCN(CC)CCNc1ncnc2c1sc1nc(CC(C)C)c3c(c12)CC(C)(C)OC3. The Labute approximate surface area is 189 Å². The molecule has 0 spiro atoms. The molecular formula is C24H35N5OS. The number of pyridine rings is 1. The molecule has 0 amide bonds. The second kappa shape index (κ2) is 8.96. The van der Waals surface area contributed by atoms with Gasteiger partial charge in [0.15, 0.2) is 0 Å². The number of nitrogens with zero attached hydrogens (tertiary/aromatic N) is 4. The Morgan fingerprint density at radius 2 is 1.97 bits per heavy atom. The standard InChI is InChI=1S/C24H35N5OS/c1-7-29(8-2)10-9-25-22-21-20(26-14-27-22)19-16-12-24(5,6)30-13-17(16)18(11-15(3)4)28-23(19)31-21/h14-15H,7-13H2,1-6H3,(H,25,26,27). The average molecular weight is 442 g/mol. The Balaban J connectivity index is 1.80. The lowest BCUT2D eigenvalue weighted by Crippen LogP contribution is -2.33. The van der Waals surface area contributed by atoms with Crippen LogP contribution in [0.2, 0.25) is 0 Å². The van der Waals surface area contributed by atoms with Gasteiger partial charge in [0.2, 0.25) is 0 Å². The maximum atomic E-state index is 6.19. The number of hydrogen-bond donors (Lipinski definition) is 1. The Kier molecular flexibility index (Phi) is 6.47. The van der Waals surface area contributed by atoms with E-state index in [1.54, 1.807) is 17.7 Å². The van der Waals surface area contributed by atoms with Crippen LogP contribution >= 0.6 is 11.3 Å². The highest BCUT2D eigenvalue weighted by Gasteiger charge is 2.31. The molecule has 0 aromatic carbocycles. The summed E-state index contributed by atoms with van der Waals surface area (Å²) in [5, 5.41) is 4.76. The molecule has 3 aromatic rings. The predicted octanol–water partition coefficient (Wildman–Crippen LogP) is 5.04. The van der Waals surface area contributed by atoms with E-state index >= 15 is 0 Å². The molecule has 4 rings (SSSR count). The molecule has 0 saturated heterocycles. The Bertz CT molecular complexity index is 1070. The highest BCUT2D eigenvalue weighted by atomic mass is 32.1. The van der Waals surface area contributed by atoms with Crippen molar-refractivity contribution in [2.45, 2.75) is 66.6 Å². The zero-order valence-corrected chi connectivity index (χ0v) is 20.5. The van der Waals surface area contributed by atoms with Gasteiger partial charge in [-0.15, -0.1) is 11.3 Å². The Hall–Kier alpha value is -1.83. The van der Waals surface area contributed by atoms with Crippen molar-refractivity contribution in [3.63, 3.8) is 0 Å². The molecule has 0 radical (unpaired) electrons. The van der Waals surface area contributed by atoms with Gasteiger partial charge in [0, 0.05) is 36.2 Å². The fourth-order valence-electron chi connectivity index (χ4n) is 4.43. The van der Waals surface area contributed by atoms with E-state index < -0.39 is 0 Å². The van der Waals surface area contributed by atoms with Gasteiger partial charge in [-0.3, -0.25) is 0 Å². The van der Waals surface area contributed by atoms with Gasteiger partial charge in [-0.2, -0.15) is 0 Å². The average Bonchev–Trinajstić information content (AvgIpc) is 3.09. The van der Waals surface area contributed by atoms with Gasteiger partial charge in [-0.1, -0.05) is 27.7 Å². The van der Waals surface area contributed by atoms with Crippen molar-refractivity contribution >= 4 is 37.6 Å². The summed E-state index contributed by atoms with van der Waals surface area (Å²) in [4.78, 5) is 17.9. The first-order valence-electron chi connectivity index (χ1n) is 11.5. The van der Waals surface area contributed by atoms with Crippen molar-refractivity contribution < 1.29 is 4.74 Å². The van der Waals surface area contributed by atoms with Gasteiger partial charge < -0.3 is 15.0 Å². The summed E-state index contributed by atoms with van der Waals surface area (Å²) < 4.78 is 7.29. The third-order valence-corrected chi connectivity index (χ3v) is 7.21. The minimum Gasteiger partial charge on any atom is -0.370 e. The molecule has 7 heteroatoms. The van der Waals surface area contributed by atoms with Crippen LogP contribution < -0.4 is 5.32 Å². The van der Waals surface area contributed by atoms with Gasteiger partial charge >= 0.3 is 0 Å². The number of aromatic nitrogens is 3. The molecule has 168 valence electrons. The number of ether oxygens (including phenoxy) is 1. The van der Waals surface area contributed by atoms with E-state index in [0.29, 0.717) is 12.5 Å². The van der Waals surface area contributed by atoms with Gasteiger partial charge in [0.25, 0.3) is 0 Å². The maximum absolute atomic E-state index is 6.19. The number of fused-ring (bicyclic) bond motifs is 5. The molecule has 0 unspecified atom stereocenters. The second-order valence-corrected chi connectivity index (χ2v) is 10.5. The van der Waals surface area contributed by atoms with E-state index in [4.69, 9.17) is 14.7 Å². The van der Waals surface area contributed by atoms with E-state index in [0.717, 1.165) is 59.9 Å². The fourth-order valence-corrected chi connectivity index (χ4v) is 5.57. The number of likely N-dealkylation sites (N-methyl/N-ethyl adjacent to an activating group) is 1. The van der Waals surface area contributed by atoms with Crippen molar-refractivity contribution in [3.8, 4) is 0 Å². The summed E-state index contributed by atoms with van der Waals surface area (Å²) in [5.74, 6) is 1.47. The van der Waals surface area contributed by atoms with Gasteiger partial charge in [0.1, 0.15) is 17.0 Å². The van der Waals surface area contributed by atoms with Crippen LogP contribution in [0, 0.1) is 5.92 Å². The van der Waals surface area contributed by atoms with Crippen molar-refractivity contribution in [2.75, 3.05) is 31.5 Å². The lowest BCUT2D eigenvalue weighted by molar-refractivity contribution is -0.0402. The van der Waals surface area contributed by atoms with E-state index in [1.165, 1.54) is 22.2 Å². The normalized spacial score (nSPS) is 15.9. The molecule has 0 atom stereocenters. The zero-order chi connectivity index (χ0) is 22.2. The summed E-state index contributed by atoms with van der Waals surface area (Å²) >= 11 is 1.72. The van der Waals surface area contributed by atoms with Crippen LogP contribution in [0.15, 0.2) is 6.33 Å². The van der Waals surface area contributed by atoms with E-state index in [-0.39, 0.29) is 5.60 Å². The molecule has 0 aliphatic carbocycles. The van der Waals surface area contributed by atoms with Crippen LogP contribution in [0.3, 0.4) is 0 Å². The highest BCUT2D eigenvalue weighted by Crippen LogP contribution is 2.42. The minimum absolute atomic E-state index is 0.178. The van der Waals surface area contributed by atoms with E-state index in [9.17, 15) is 0 Å². The van der Waals surface area contributed by atoms with Crippen molar-refractivity contribution in [2.24, 2.45) is 5.92 Å². The van der Waals surface area contributed by atoms with Crippen molar-refractivity contribution in [1.29, 1.82) is 0 Å². The fraction of sp³-hybridized carbons (Fsp3) is 0.625. The molecule has 1 N–H and O–H groups in total. The number of hydrogen-bond acceptors (Lipinski definition) is 7. The third-order valence-electron chi connectivity index (χ3n) is 6.13. The predicted molar refractivity (Wildman–Crippen MR) is 130 cm³/mol. The van der Waals surface area contributed by atoms with Gasteiger partial charge in [-0.25, -0.2) is 15.0 Å². The lowest BCUT2D eigenvalue weighted by atomic mass is 9.88. The van der Waals surface area contributed by atoms with Crippen LogP contribution in [0.25, 0.3) is 20.4 Å². The second-order valence-electron chi connectivity index (χ2n) is 9.47. The Morgan fingerprint density at radius 1 is 1.19 bits per heavy atom. The smallest absolute Gasteiger partial charge is 0.147 e. The summed E-state index contributed by atoms with van der Waals surface area (Å²) in [7, 11) is 0. The molecule has 1 aliphatic rings. The van der Waals surface area contributed by atoms with Crippen LogP contribution in [0.4, 0.5) is 5.82 Å². The number of anilines is 1. The minimum atomic E-state index is -0.178. The first-order chi connectivity index (χ1) is 14.8. The van der Waals surface area contributed by atoms with Gasteiger partial charge in [0.05, 0.1) is 22.4 Å². The summed E-state index contributed by atoms with van der Waals surface area (Å²) in [6, 6.07) is 0. The highest BCUT2D eigenvalue weighted by molar-refractivity contribution is 7.26. The molecule has 3 aromatic heterocycles. The number of thiophene rings is 1. The third kappa shape index (κ3) is 4.54. The largest absolute Gasteiger partial charge is 0.370 e. The van der Waals surface area contributed by atoms with E-state index in [2.05, 4.69) is 56.7 Å². The molecule has 0 bridgehead atoms. The molecule has 4 heterocycles. The summed E-state index contributed by atoms with van der Waals surface area (Å²) in [6.45, 7) is 17.9. The molecular weight excluding hydrogens is 406 g/mol. The van der Waals surface area contributed by atoms with Crippen molar-refractivity contribution in [3.05, 3.63) is 23.1 Å². The monoisotopic (exact) mass is 441 g/mol. The maximum Gasteiger partial charge on any atom is 0.147 e. The molecule has 0 fully saturated rings. The van der Waals surface area contributed by atoms with Crippen LogP contribution in [-0.2, 0) is 24.2 Å². The lowest BCUT2D eigenvalue weighted by Gasteiger charge is -2.33. The Morgan fingerprint density at radius 3 is 2.68 bits per heavy atom. The van der Waals surface area contributed by atoms with E-state index in [1.807, 2.05) is 0 Å². The summed E-state index contributed by atoms with van der Waals surface area (Å²) in [5.41, 5.74) is 4.68. The quantitative estimate of drug-likeness (QED) is 0.528. The van der Waals surface area contributed by atoms with Crippen LogP contribution in [-0.4, -0.2) is 51.6 Å². The zero-order valence-electron chi connectivity index (χ0n) is 19.7. The first-order valence-corrected chi connectivity index (χ1v) is 12.3. The first kappa shape index (κ1) is 22.4.